The molecule has 152 valence electrons. The van der Waals surface area contributed by atoms with Crippen LogP contribution in [0.4, 0.5) is 0 Å². The number of fused-ring (bicyclic) bond motifs is 4. The van der Waals surface area contributed by atoms with Crippen molar-refractivity contribution in [2.45, 2.75) is 0 Å². The van der Waals surface area contributed by atoms with E-state index in [1.54, 1.807) is 19.2 Å². The van der Waals surface area contributed by atoms with E-state index in [-0.39, 0.29) is 10.9 Å². The zero-order valence-corrected chi connectivity index (χ0v) is 17.2. The normalized spacial score (nSPS) is 11.5. The van der Waals surface area contributed by atoms with Gasteiger partial charge in [-0.05, 0) is 41.1 Å². The van der Waals surface area contributed by atoms with Crippen LogP contribution in [0.1, 0.15) is 16.1 Å². The molecule has 0 aliphatic carbocycles. The fourth-order valence-electron chi connectivity index (χ4n) is 3.48. The van der Waals surface area contributed by atoms with Crippen molar-refractivity contribution in [2.75, 3.05) is 7.11 Å². The molecule has 0 atom stereocenters. The number of furan rings is 1. The van der Waals surface area contributed by atoms with E-state index >= 15 is 0 Å². The molecule has 0 radical (unpaired) electrons. The lowest BCUT2D eigenvalue weighted by Gasteiger charge is -2.04. The molecule has 3 aromatic carbocycles. The molecule has 0 aliphatic rings. The standard InChI is InChI=1S/C24H16ClN3O3/c1-30-17-8-6-15-10-16(23(25)27-20(15)11-17)13-26-28-24(29)22-12-19-18-5-3-2-4-14(18)7-9-21(19)31-22/h2-13H,1H3,(H,28,29)/b26-13+. The molecule has 0 saturated heterocycles. The van der Waals surface area contributed by atoms with E-state index in [2.05, 4.69) is 15.5 Å². The number of carbonyl (C=O) groups excluding carboxylic acids is 1. The molecule has 0 aliphatic heterocycles. The summed E-state index contributed by atoms with van der Waals surface area (Å²) >= 11 is 6.27. The van der Waals surface area contributed by atoms with E-state index in [4.69, 9.17) is 20.8 Å². The summed E-state index contributed by atoms with van der Waals surface area (Å²) in [6, 6.07) is 20.8. The number of amides is 1. The van der Waals surface area contributed by atoms with Gasteiger partial charge in [-0.3, -0.25) is 4.79 Å². The predicted octanol–water partition coefficient (Wildman–Crippen LogP) is 5.56. The Morgan fingerprint density at radius 3 is 2.77 bits per heavy atom. The first-order chi connectivity index (χ1) is 15.1. The number of hydrazone groups is 1. The Balaban J connectivity index is 1.39. The highest BCUT2D eigenvalue weighted by Gasteiger charge is 2.13. The number of nitrogens with zero attached hydrogens (tertiary/aromatic N) is 2. The van der Waals surface area contributed by atoms with E-state index in [0.717, 1.165) is 21.5 Å². The largest absolute Gasteiger partial charge is 0.497 e. The predicted molar refractivity (Wildman–Crippen MR) is 122 cm³/mol. The molecule has 0 saturated carbocycles. The third-order valence-corrected chi connectivity index (χ3v) is 5.33. The van der Waals surface area contributed by atoms with Crippen molar-refractivity contribution in [3.63, 3.8) is 0 Å². The lowest BCUT2D eigenvalue weighted by molar-refractivity contribution is 0.0929. The van der Waals surface area contributed by atoms with Crippen molar-refractivity contribution in [1.29, 1.82) is 0 Å². The Morgan fingerprint density at radius 2 is 1.90 bits per heavy atom. The summed E-state index contributed by atoms with van der Waals surface area (Å²) in [5.74, 6) is 0.424. The molecule has 5 aromatic rings. The first-order valence-electron chi connectivity index (χ1n) is 9.51. The van der Waals surface area contributed by atoms with Crippen molar-refractivity contribution < 1.29 is 13.9 Å². The highest BCUT2D eigenvalue weighted by molar-refractivity contribution is 6.32. The maximum Gasteiger partial charge on any atom is 0.307 e. The molecule has 1 amide bonds. The summed E-state index contributed by atoms with van der Waals surface area (Å²) < 4.78 is 10.9. The monoisotopic (exact) mass is 429 g/mol. The molecule has 1 N–H and O–H groups in total. The maximum atomic E-state index is 12.5. The first-order valence-corrected chi connectivity index (χ1v) is 9.89. The number of aromatic nitrogens is 1. The van der Waals surface area contributed by atoms with Gasteiger partial charge in [-0.1, -0.05) is 41.9 Å². The van der Waals surface area contributed by atoms with Crippen LogP contribution in [0.2, 0.25) is 5.15 Å². The third-order valence-electron chi connectivity index (χ3n) is 5.02. The number of benzene rings is 3. The van der Waals surface area contributed by atoms with Crippen LogP contribution in [0.3, 0.4) is 0 Å². The number of nitrogens with one attached hydrogen (secondary N) is 1. The summed E-state index contributed by atoms with van der Waals surface area (Å²) in [5.41, 5.74) is 4.41. The molecule has 2 heterocycles. The molecular weight excluding hydrogens is 414 g/mol. The zero-order chi connectivity index (χ0) is 21.4. The van der Waals surface area contributed by atoms with Crippen LogP contribution in [0.5, 0.6) is 5.75 Å². The topological polar surface area (TPSA) is 76.7 Å². The van der Waals surface area contributed by atoms with Crippen molar-refractivity contribution in [3.8, 4) is 5.75 Å². The number of ether oxygens (including phenoxy) is 1. The van der Waals surface area contributed by atoms with Gasteiger partial charge in [0, 0.05) is 22.4 Å². The van der Waals surface area contributed by atoms with E-state index in [1.807, 2.05) is 54.6 Å². The number of hydrogen-bond acceptors (Lipinski definition) is 5. The number of methoxy groups -OCH3 is 1. The van der Waals surface area contributed by atoms with Gasteiger partial charge >= 0.3 is 5.91 Å². The minimum Gasteiger partial charge on any atom is -0.497 e. The fourth-order valence-corrected chi connectivity index (χ4v) is 3.67. The highest BCUT2D eigenvalue weighted by Crippen LogP contribution is 2.28. The van der Waals surface area contributed by atoms with Crippen LogP contribution in [0, 0.1) is 0 Å². The van der Waals surface area contributed by atoms with Gasteiger partial charge in [-0.2, -0.15) is 5.10 Å². The molecule has 7 heteroatoms. The van der Waals surface area contributed by atoms with Crippen LogP contribution in [0.15, 0.2) is 76.2 Å². The zero-order valence-electron chi connectivity index (χ0n) is 16.4. The van der Waals surface area contributed by atoms with Gasteiger partial charge in [0.15, 0.2) is 5.76 Å². The van der Waals surface area contributed by atoms with E-state index in [0.29, 0.717) is 22.4 Å². The average molecular weight is 430 g/mol. The van der Waals surface area contributed by atoms with Crippen LogP contribution in [0.25, 0.3) is 32.6 Å². The molecular formula is C24H16ClN3O3. The van der Waals surface area contributed by atoms with Crippen molar-refractivity contribution in [3.05, 3.63) is 83.2 Å². The quantitative estimate of drug-likeness (QED) is 0.230. The van der Waals surface area contributed by atoms with Crippen LogP contribution >= 0.6 is 11.6 Å². The fraction of sp³-hybridized carbons (Fsp3) is 0.0417. The number of hydrogen-bond donors (Lipinski definition) is 1. The summed E-state index contributed by atoms with van der Waals surface area (Å²) in [6.45, 7) is 0. The summed E-state index contributed by atoms with van der Waals surface area (Å²) in [5, 5.41) is 8.15. The van der Waals surface area contributed by atoms with Gasteiger partial charge in [-0.15, -0.1) is 0 Å². The summed E-state index contributed by atoms with van der Waals surface area (Å²) in [7, 11) is 1.59. The van der Waals surface area contributed by atoms with Gasteiger partial charge in [0.2, 0.25) is 0 Å². The molecule has 5 rings (SSSR count). The SMILES string of the molecule is COc1ccc2cc(/C=N/NC(=O)c3cc4c(ccc5ccccc54)o3)c(Cl)nc2c1. The first kappa shape index (κ1) is 19.1. The van der Waals surface area contributed by atoms with Gasteiger partial charge < -0.3 is 9.15 Å². The minimum atomic E-state index is -0.453. The molecule has 0 fully saturated rings. The Hall–Kier alpha value is -3.90. The second-order valence-electron chi connectivity index (χ2n) is 6.94. The number of rotatable bonds is 4. The highest BCUT2D eigenvalue weighted by atomic mass is 35.5. The second kappa shape index (κ2) is 7.74. The van der Waals surface area contributed by atoms with E-state index in [1.165, 1.54) is 6.21 Å². The molecule has 31 heavy (non-hydrogen) atoms. The van der Waals surface area contributed by atoms with Crippen LogP contribution < -0.4 is 10.2 Å². The second-order valence-corrected chi connectivity index (χ2v) is 7.29. The number of halogens is 1. The number of carbonyl (C=O) groups is 1. The summed E-state index contributed by atoms with van der Waals surface area (Å²) in [6.07, 6.45) is 1.45. The number of pyridine rings is 1. The van der Waals surface area contributed by atoms with Gasteiger partial charge in [0.1, 0.15) is 16.5 Å². The molecule has 2 aromatic heterocycles. The average Bonchev–Trinajstić information content (AvgIpc) is 3.24. The molecule has 0 unspecified atom stereocenters. The maximum absolute atomic E-state index is 12.5. The Morgan fingerprint density at radius 1 is 1.06 bits per heavy atom. The van der Waals surface area contributed by atoms with Crippen molar-refractivity contribution >= 4 is 56.4 Å². The summed E-state index contributed by atoms with van der Waals surface area (Å²) in [4.78, 5) is 16.9. The molecule has 0 bridgehead atoms. The van der Waals surface area contributed by atoms with Gasteiger partial charge in [0.05, 0.1) is 18.8 Å². The smallest absolute Gasteiger partial charge is 0.307 e. The Kier molecular flexibility index (Phi) is 4.76. The van der Waals surface area contributed by atoms with E-state index in [9.17, 15) is 4.79 Å². The van der Waals surface area contributed by atoms with Crippen LogP contribution in [-0.2, 0) is 0 Å². The van der Waals surface area contributed by atoms with Crippen LogP contribution in [-0.4, -0.2) is 24.2 Å². The van der Waals surface area contributed by atoms with Gasteiger partial charge in [-0.25, -0.2) is 10.4 Å². The molecule has 6 nitrogen and oxygen atoms in total. The Bertz CT molecular complexity index is 1490. The lowest BCUT2D eigenvalue weighted by Crippen LogP contribution is -2.16. The lowest BCUT2D eigenvalue weighted by atomic mass is 10.1. The molecule has 0 spiro atoms. The minimum absolute atomic E-state index is 0.179. The van der Waals surface area contributed by atoms with E-state index < -0.39 is 5.91 Å². The van der Waals surface area contributed by atoms with Crippen molar-refractivity contribution in [2.24, 2.45) is 5.10 Å². The Labute approximate surface area is 182 Å². The third kappa shape index (κ3) is 3.58. The van der Waals surface area contributed by atoms with Crippen molar-refractivity contribution in [1.82, 2.24) is 10.4 Å². The van der Waals surface area contributed by atoms with Gasteiger partial charge in [0.25, 0.3) is 0 Å².